The van der Waals surface area contributed by atoms with Gasteiger partial charge in [-0.25, -0.2) is 5.01 Å². The molecule has 0 aromatic carbocycles. The molecule has 2 heterocycles. The number of nitrogens with zero attached hydrogens (tertiary/aromatic N) is 1. The molecule has 0 aromatic rings. The van der Waals surface area contributed by atoms with E-state index in [2.05, 4.69) is 48.2 Å². The largest absolute Gasteiger partial charge is 0.385 e. The van der Waals surface area contributed by atoms with Crippen molar-refractivity contribution in [3.8, 4) is 0 Å². The molecule has 10 heteroatoms. The molecular formula is C10H22N4O2S4. The number of thiol groups is 2. The topological polar surface area (TPSA) is 71.8 Å². The molecule has 118 valence electrons. The van der Waals surface area contributed by atoms with E-state index in [1.54, 1.807) is 0 Å². The Bertz CT molecular complexity index is 258. The fourth-order valence-electron chi connectivity index (χ4n) is 1.33. The number of nitrogens with one attached hydrogen (secondary N) is 2. The summed E-state index contributed by atoms with van der Waals surface area (Å²) in [7, 11) is 0. The minimum Gasteiger partial charge on any atom is -0.385 e. The molecule has 0 radical (unpaired) electrons. The number of hydrogen-bond donors (Lipinski definition) is 5. The minimum absolute atomic E-state index is 0.194. The zero-order valence-corrected chi connectivity index (χ0v) is 14.6. The lowest BCUT2D eigenvalue weighted by molar-refractivity contribution is 0.0258. The highest BCUT2D eigenvalue weighted by Gasteiger charge is 2.08. The van der Waals surface area contributed by atoms with Crippen molar-refractivity contribution >= 4 is 58.3 Å². The van der Waals surface area contributed by atoms with Crippen LogP contribution in [0.25, 0.3) is 0 Å². The van der Waals surface area contributed by atoms with Crippen LogP contribution in [0.4, 0.5) is 0 Å². The third kappa shape index (κ3) is 16.4. The smallest absolute Gasteiger partial charge is 0.145 e. The second kappa shape index (κ2) is 14.3. The summed E-state index contributed by atoms with van der Waals surface area (Å²) in [6.07, 6.45) is 0. The molecular weight excluding hydrogens is 336 g/mol. The van der Waals surface area contributed by atoms with E-state index < -0.39 is 0 Å². The average Bonchev–Trinajstić information content (AvgIpc) is 2.41. The lowest BCUT2D eigenvalue weighted by Gasteiger charge is -2.26. The van der Waals surface area contributed by atoms with Crippen LogP contribution in [-0.2, 0) is 9.47 Å². The molecule has 6 nitrogen and oxygen atoms in total. The van der Waals surface area contributed by atoms with Crippen LogP contribution in [0.2, 0.25) is 0 Å². The van der Waals surface area contributed by atoms with E-state index in [0.717, 1.165) is 52.6 Å². The van der Waals surface area contributed by atoms with Gasteiger partial charge in [0.15, 0.2) is 0 Å². The summed E-state index contributed by atoms with van der Waals surface area (Å²) < 4.78 is 10.8. The first-order valence-electron chi connectivity index (χ1n) is 6.11. The van der Waals surface area contributed by atoms with E-state index in [-0.39, 0.29) is 4.32 Å². The van der Waals surface area contributed by atoms with Crippen molar-refractivity contribution in [3.63, 3.8) is 0 Å². The van der Waals surface area contributed by atoms with Crippen LogP contribution in [0.1, 0.15) is 0 Å². The maximum Gasteiger partial charge on any atom is 0.145 e. The van der Waals surface area contributed by atoms with Crippen LogP contribution >= 0.6 is 49.7 Å². The Morgan fingerprint density at radius 1 is 1.05 bits per heavy atom. The second-order valence-corrected chi connectivity index (χ2v) is 6.10. The van der Waals surface area contributed by atoms with Crippen LogP contribution in [0, 0.1) is 0 Å². The Hall–Kier alpha value is 0.320. The standard InChI is InChI=1S/C5H10N2OS2.C4H9NO.CH3NS2/c9-5(10)6-7-1-3-8-4-2-7;1-3-6-4-2-5-1;2-1(3)4/h1-4H2,(H2,6,9,10);5H,1-4H2;(H3,2,3,4). The molecule has 2 saturated heterocycles. The molecule has 2 fully saturated rings. The molecule has 0 spiro atoms. The lowest BCUT2D eigenvalue weighted by Crippen LogP contribution is -2.46. The number of ether oxygens (including phenoxy) is 2. The van der Waals surface area contributed by atoms with Gasteiger partial charge in [-0.2, -0.15) is 0 Å². The van der Waals surface area contributed by atoms with Crippen LogP contribution in [-0.4, -0.2) is 66.3 Å². The van der Waals surface area contributed by atoms with E-state index >= 15 is 0 Å². The number of nitrogens with two attached hydrogens (primary N) is 1. The van der Waals surface area contributed by atoms with Crippen molar-refractivity contribution in [2.75, 3.05) is 52.6 Å². The average molecular weight is 359 g/mol. The Morgan fingerprint density at radius 3 is 1.80 bits per heavy atom. The van der Waals surface area contributed by atoms with E-state index in [9.17, 15) is 0 Å². The van der Waals surface area contributed by atoms with Gasteiger partial charge in [0.25, 0.3) is 0 Å². The van der Waals surface area contributed by atoms with E-state index in [4.69, 9.17) is 27.4 Å². The molecule has 4 N–H and O–H groups in total. The van der Waals surface area contributed by atoms with Gasteiger partial charge in [-0.1, -0.05) is 24.4 Å². The first-order chi connectivity index (χ1) is 9.52. The van der Waals surface area contributed by atoms with Gasteiger partial charge in [-0.15, -0.1) is 25.3 Å². The van der Waals surface area contributed by atoms with Gasteiger partial charge in [0.05, 0.1) is 26.4 Å². The molecule has 0 saturated carbocycles. The highest BCUT2D eigenvalue weighted by atomic mass is 32.1. The van der Waals surface area contributed by atoms with Crippen LogP contribution in [0.15, 0.2) is 0 Å². The Labute approximate surface area is 141 Å². The number of hydrazine groups is 1. The van der Waals surface area contributed by atoms with Crippen molar-refractivity contribution in [1.29, 1.82) is 0 Å². The molecule has 0 bridgehead atoms. The molecule has 0 amide bonds. The zero-order valence-electron chi connectivity index (χ0n) is 11.2. The van der Waals surface area contributed by atoms with Gasteiger partial charge in [0.1, 0.15) is 8.64 Å². The Kier molecular flexibility index (Phi) is 14.5. The summed E-state index contributed by atoms with van der Waals surface area (Å²) in [5.74, 6) is 0. The van der Waals surface area contributed by atoms with Gasteiger partial charge in [0, 0.05) is 26.2 Å². The highest BCUT2D eigenvalue weighted by molar-refractivity contribution is 8.11. The Balaban J connectivity index is 0.000000307. The number of morpholine rings is 2. The summed E-state index contributed by atoms with van der Waals surface area (Å²) >= 11 is 16.3. The van der Waals surface area contributed by atoms with Gasteiger partial charge in [-0.3, -0.25) is 0 Å². The molecule has 2 aliphatic heterocycles. The van der Waals surface area contributed by atoms with Crippen LogP contribution in [0.3, 0.4) is 0 Å². The molecule has 0 aromatic heterocycles. The highest BCUT2D eigenvalue weighted by Crippen LogP contribution is 1.93. The summed E-state index contributed by atoms with van der Waals surface area (Å²) in [5.41, 5.74) is 7.64. The van der Waals surface area contributed by atoms with Gasteiger partial charge < -0.3 is 25.9 Å². The summed E-state index contributed by atoms with van der Waals surface area (Å²) in [5, 5.41) is 5.16. The third-order valence-electron chi connectivity index (χ3n) is 2.11. The predicted molar refractivity (Wildman–Crippen MR) is 96.6 cm³/mol. The molecule has 0 atom stereocenters. The summed E-state index contributed by atoms with van der Waals surface area (Å²) in [6, 6.07) is 0. The maximum atomic E-state index is 5.13. The van der Waals surface area contributed by atoms with Gasteiger partial charge >= 0.3 is 0 Å². The van der Waals surface area contributed by atoms with E-state index in [0.29, 0.717) is 4.32 Å². The summed E-state index contributed by atoms with van der Waals surface area (Å²) in [4.78, 5) is 0. The lowest BCUT2D eigenvalue weighted by atomic mass is 10.5. The maximum absolute atomic E-state index is 5.13. The second-order valence-electron chi connectivity index (χ2n) is 3.72. The van der Waals surface area contributed by atoms with Crippen LogP contribution in [0.5, 0.6) is 0 Å². The predicted octanol–water partition coefficient (Wildman–Crippen LogP) is -0.196. The molecule has 0 aliphatic carbocycles. The van der Waals surface area contributed by atoms with Crippen molar-refractivity contribution in [1.82, 2.24) is 15.8 Å². The monoisotopic (exact) mass is 358 g/mol. The van der Waals surface area contributed by atoms with Crippen molar-refractivity contribution < 1.29 is 9.47 Å². The molecule has 2 aliphatic rings. The number of rotatable bonds is 1. The normalized spacial score (nSPS) is 18.7. The van der Waals surface area contributed by atoms with Gasteiger partial charge in [0.2, 0.25) is 0 Å². The zero-order chi connectivity index (χ0) is 15.2. The Morgan fingerprint density at radius 2 is 1.50 bits per heavy atom. The number of thiocarbonyl (C=S) groups is 2. The van der Waals surface area contributed by atoms with Crippen molar-refractivity contribution in [3.05, 3.63) is 0 Å². The molecule has 20 heavy (non-hydrogen) atoms. The van der Waals surface area contributed by atoms with Gasteiger partial charge in [-0.05, 0) is 0 Å². The molecule has 2 rings (SSSR count). The fourth-order valence-corrected chi connectivity index (χ4v) is 1.60. The summed E-state index contributed by atoms with van der Waals surface area (Å²) in [6.45, 7) is 7.12. The number of hydrogen-bond acceptors (Lipinski definition) is 6. The fraction of sp³-hybridized carbons (Fsp3) is 0.800. The quantitative estimate of drug-likeness (QED) is 0.326. The molecule has 0 unspecified atom stereocenters. The van der Waals surface area contributed by atoms with Crippen molar-refractivity contribution in [2.24, 2.45) is 5.73 Å². The van der Waals surface area contributed by atoms with E-state index in [1.165, 1.54) is 0 Å². The first kappa shape index (κ1) is 20.3. The SMILES string of the molecule is C1COCCN1.NC(=S)S.S=C(S)NN1CCOCC1. The van der Waals surface area contributed by atoms with Crippen molar-refractivity contribution in [2.45, 2.75) is 0 Å². The minimum atomic E-state index is 0.194. The van der Waals surface area contributed by atoms with E-state index in [1.807, 2.05) is 5.01 Å². The van der Waals surface area contributed by atoms with Crippen LogP contribution < -0.4 is 16.5 Å². The first-order valence-corrected chi connectivity index (χ1v) is 7.82. The third-order valence-corrected chi connectivity index (χ3v) is 2.30.